The van der Waals surface area contributed by atoms with Gasteiger partial charge in [0.25, 0.3) is 0 Å². The largest absolute Gasteiger partial charge is 0.448 e. The number of esters is 1. The van der Waals surface area contributed by atoms with Gasteiger partial charge in [-0.3, -0.25) is 0 Å². The summed E-state index contributed by atoms with van der Waals surface area (Å²) in [6, 6.07) is 5.14. The zero-order valence-corrected chi connectivity index (χ0v) is 12.5. The van der Waals surface area contributed by atoms with Crippen LogP contribution in [-0.4, -0.2) is 11.7 Å². The summed E-state index contributed by atoms with van der Waals surface area (Å²) in [6.45, 7) is 1.98. The molecule has 0 amide bonds. The topological polar surface area (TPSA) is 26.3 Å². The van der Waals surface area contributed by atoms with E-state index < -0.39 is 12.1 Å². The predicted octanol–water partition coefficient (Wildman–Crippen LogP) is 4.79. The number of rotatable bonds is 3. The Kier molecular flexibility index (Phi) is 4.49. The second kappa shape index (κ2) is 5.74. The fraction of sp³-hybridized carbons (Fsp3) is 0.250. The van der Waals surface area contributed by atoms with Crippen LogP contribution in [-0.2, 0) is 9.53 Å². The Morgan fingerprint density at radius 2 is 2.00 bits per heavy atom. The van der Waals surface area contributed by atoms with Crippen molar-refractivity contribution in [3.8, 4) is 0 Å². The molecule has 2 nitrogen and oxygen atoms in total. The van der Waals surface area contributed by atoms with Gasteiger partial charge in [-0.2, -0.15) is 0 Å². The molecular weight excluding hydrogens is 315 g/mol. The highest BCUT2D eigenvalue weighted by Gasteiger charge is 2.34. The highest BCUT2D eigenvalue weighted by Crippen LogP contribution is 2.44. The summed E-state index contributed by atoms with van der Waals surface area (Å²) in [7, 11) is 0. The first-order valence-corrected chi connectivity index (χ1v) is 7.35. The maximum atomic E-state index is 11.5. The van der Waals surface area contributed by atoms with Crippen molar-refractivity contribution < 1.29 is 9.53 Å². The first-order valence-electron chi connectivity index (χ1n) is 5.23. The summed E-state index contributed by atoms with van der Waals surface area (Å²) in [6.07, 6.45) is -0.482. The Balaban J connectivity index is 2.38. The van der Waals surface area contributed by atoms with Crippen LogP contribution in [0.1, 0.15) is 18.6 Å². The van der Waals surface area contributed by atoms with Crippen LogP contribution in [0.2, 0.25) is 10.0 Å². The summed E-state index contributed by atoms with van der Waals surface area (Å²) in [5.74, 6) is 0.309. The van der Waals surface area contributed by atoms with Crippen LogP contribution in [0.25, 0.3) is 0 Å². The SMILES string of the molecule is CCSC1=C(Cl)C(=O)OC1c1ccc(Cl)c(Cl)c1. The van der Waals surface area contributed by atoms with Crippen LogP contribution >= 0.6 is 46.6 Å². The van der Waals surface area contributed by atoms with Gasteiger partial charge in [-0.05, 0) is 23.4 Å². The third-order valence-corrected chi connectivity index (χ3v) is 4.63. The molecule has 0 saturated heterocycles. The summed E-state index contributed by atoms with van der Waals surface area (Å²) >= 11 is 19.3. The molecule has 0 spiro atoms. The van der Waals surface area contributed by atoms with Crippen molar-refractivity contribution in [1.29, 1.82) is 0 Å². The van der Waals surface area contributed by atoms with Crippen molar-refractivity contribution in [3.05, 3.63) is 43.7 Å². The van der Waals surface area contributed by atoms with E-state index in [1.807, 2.05) is 6.92 Å². The number of carbonyl (C=O) groups excluding carboxylic acids is 1. The van der Waals surface area contributed by atoms with Gasteiger partial charge in [0, 0.05) is 0 Å². The average molecular weight is 324 g/mol. The molecule has 0 fully saturated rings. The van der Waals surface area contributed by atoms with Crippen molar-refractivity contribution in [2.75, 3.05) is 5.75 Å². The molecule has 18 heavy (non-hydrogen) atoms. The van der Waals surface area contributed by atoms with E-state index in [-0.39, 0.29) is 5.03 Å². The number of benzene rings is 1. The van der Waals surface area contributed by atoms with E-state index in [9.17, 15) is 4.79 Å². The molecule has 0 N–H and O–H groups in total. The molecule has 1 aliphatic rings. The minimum atomic E-state index is -0.497. The molecule has 2 rings (SSSR count). The number of carbonyl (C=O) groups is 1. The Morgan fingerprint density at radius 1 is 1.28 bits per heavy atom. The van der Waals surface area contributed by atoms with E-state index in [1.54, 1.807) is 18.2 Å². The molecule has 0 bridgehead atoms. The van der Waals surface area contributed by atoms with Gasteiger partial charge >= 0.3 is 5.97 Å². The van der Waals surface area contributed by atoms with E-state index in [4.69, 9.17) is 39.5 Å². The van der Waals surface area contributed by atoms with E-state index in [1.165, 1.54) is 11.8 Å². The molecule has 0 radical (unpaired) electrons. The molecule has 0 saturated carbocycles. The highest BCUT2D eigenvalue weighted by molar-refractivity contribution is 8.03. The van der Waals surface area contributed by atoms with Crippen LogP contribution in [0.4, 0.5) is 0 Å². The first kappa shape index (κ1) is 14.1. The van der Waals surface area contributed by atoms with Gasteiger partial charge < -0.3 is 4.74 Å². The molecule has 6 heteroatoms. The standard InChI is InChI=1S/C12H9Cl3O2S/c1-2-18-11-9(15)12(16)17-10(11)6-3-4-7(13)8(14)5-6/h3-5,10H,2H2,1H3. The quantitative estimate of drug-likeness (QED) is 0.748. The molecule has 1 atom stereocenters. The van der Waals surface area contributed by atoms with Gasteiger partial charge in [0.2, 0.25) is 0 Å². The van der Waals surface area contributed by atoms with Crippen molar-refractivity contribution in [1.82, 2.24) is 0 Å². The van der Waals surface area contributed by atoms with Gasteiger partial charge in [-0.25, -0.2) is 4.79 Å². The van der Waals surface area contributed by atoms with Gasteiger partial charge in [-0.15, -0.1) is 11.8 Å². The third-order valence-electron chi connectivity index (χ3n) is 2.40. The molecule has 96 valence electrons. The van der Waals surface area contributed by atoms with Gasteiger partial charge in [-0.1, -0.05) is 47.8 Å². The van der Waals surface area contributed by atoms with Gasteiger partial charge in [0.15, 0.2) is 6.10 Å². The van der Waals surface area contributed by atoms with Crippen molar-refractivity contribution in [2.45, 2.75) is 13.0 Å². The number of cyclic esters (lactones) is 1. The Labute approximate surface area is 124 Å². The number of hydrogen-bond donors (Lipinski definition) is 0. The molecular formula is C12H9Cl3O2S. The van der Waals surface area contributed by atoms with Crippen molar-refractivity contribution in [2.24, 2.45) is 0 Å². The van der Waals surface area contributed by atoms with Gasteiger partial charge in [0.05, 0.1) is 15.0 Å². The zero-order chi connectivity index (χ0) is 13.3. The Bertz CT molecular complexity index is 528. The lowest BCUT2D eigenvalue weighted by molar-refractivity contribution is -0.139. The third kappa shape index (κ3) is 2.64. The normalized spacial score (nSPS) is 19.3. The van der Waals surface area contributed by atoms with Crippen LogP contribution in [0.3, 0.4) is 0 Å². The molecule has 1 aromatic carbocycles. The second-order valence-electron chi connectivity index (χ2n) is 3.57. The lowest BCUT2D eigenvalue weighted by Gasteiger charge is -2.14. The minimum absolute atomic E-state index is 0.151. The second-order valence-corrected chi connectivity index (χ2v) is 6.07. The fourth-order valence-corrected chi connectivity index (χ4v) is 3.09. The number of hydrogen-bond acceptors (Lipinski definition) is 3. The number of thioether (sulfide) groups is 1. The maximum absolute atomic E-state index is 11.5. The monoisotopic (exact) mass is 322 g/mol. The Hall–Kier alpha value is -0.350. The number of ether oxygens (including phenoxy) is 1. The highest BCUT2D eigenvalue weighted by atomic mass is 35.5. The fourth-order valence-electron chi connectivity index (χ4n) is 1.62. The molecule has 0 aromatic heterocycles. The van der Waals surface area contributed by atoms with E-state index in [0.29, 0.717) is 10.0 Å². The lowest BCUT2D eigenvalue weighted by atomic mass is 10.1. The molecule has 1 aromatic rings. The van der Waals surface area contributed by atoms with E-state index in [2.05, 4.69) is 0 Å². The zero-order valence-electron chi connectivity index (χ0n) is 9.38. The predicted molar refractivity (Wildman–Crippen MR) is 76.3 cm³/mol. The van der Waals surface area contributed by atoms with Crippen molar-refractivity contribution >= 4 is 52.5 Å². The Morgan fingerprint density at radius 3 is 2.61 bits per heavy atom. The molecule has 1 aliphatic heterocycles. The van der Waals surface area contributed by atoms with Crippen molar-refractivity contribution in [3.63, 3.8) is 0 Å². The summed E-state index contributed by atoms with van der Waals surface area (Å²) in [4.78, 5) is 12.2. The van der Waals surface area contributed by atoms with Crippen LogP contribution < -0.4 is 0 Å². The number of halogens is 3. The maximum Gasteiger partial charge on any atom is 0.351 e. The van der Waals surface area contributed by atoms with Crippen LogP contribution in [0, 0.1) is 0 Å². The molecule has 1 heterocycles. The average Bonchev–Trinajstić information content (AvgIpc) is 2.61. The van der Waals surface area contributed by atoms with E-state index in [0.717, 1.165) is 16.2 Å². The van der Waals surface area contributed by atoms with Crippen LogP contribution in [0.15, 0.2) is 28.1 Å². The lowest BCUT2D eigenvalue weighted by Crippen LogP contribution is -2.02. The first-order chi connectivity index (χ1) is 8.54. The van der Waals surface area contributed by atoms with Gasteiger partial charge in [0.1, 0.15) is 5.03 Å². The van der Waals surface area contributed by atoms with E-state index >= 15 is 0 Å². The molecule has 1 unspecified atom stereocenters. The summed E-state index contributed by atoms with van der Waals surface area (Å²) in [5, 5.41) is 1.04. The summed E-state index contributed by atoms with van der Waals surface area (Å²) < 4.78 is 5.25. The molecule has 0 aliphatic carbocycles. The smallest absolute Gasteiger partial charge is 0.351 e. The minimum Gasteiger partial charge on any atom is -0.448 e. The summed E-state index contributed by atoms with van der Waals surface area (Å²) in [5.41, 5.74) is 0.768. The van der Waals surface area contributed by atoms with Crippen LogP contribution in [0.5, 0.6) is 0 Å².